The number of amides is 1. The number of amidine groups is 1. The zero-order chi connectivity index (χ0) is 16.6. The summed E-state index contributed by atoms with van der Waals surface area (Å²) in [7, 11) is -3.03. The molecule has 0 radical (unpaired) electrons. The maximum Gasteiger partial charge on any atom is 0.248 e. The lowest BCUT2D eigenvalue weighted by molar-refractivity contribution is -0.117. The van der Waals surface area contributed by atoms with Crippen molar-refractivity contribution >= 4 is 54.3 Å². The Bertz CT molecular complexity index is 746. The monoisotopic (exact) mass is 416 g/mol. The van der Waals surface area contributed by atoms with E-state index in [9.17, 15) is 13.2 Å². The summed E-state index contributed by atoms with van der Waals surface area (Å²) < 4.78 is 24.9. The first-order valence-electron chi connectivity index (χ1n) is 7.43. The number of carbonyl (C=O) groups excluding carboxylic acids is 1. The molecule has 0 unspecified atom stereocenters. The van der Waals surface area contributed by atoms with E-state index in [4.69, 9.17) is 0 Å². The molecule has 2 aliphatic rings. The van der Waals surface area contributed by atoms with Crippen LogP contribution < -0.4 is 4.90 Å². The molecule has 0 aliphatic carbocycles. The number of aliphatic imine (C=N–C) groups is 1. The largest absolute Gasteiger partial charge is 0.316 e. The van der Waals surface area contributed by atoms with E-state index in [0.717, 1.165) is 16.6 Å². The molecule has 2 atom stereocenters. The van der Waals surface area contributed by atoms with Crippen molar-refractivity contribution in [3.05, 3.63) is 28.7 Å². The number of benzene rings is 1. The number of carbonyl (C=O) groups is 1. The molecule has 2 saturated heterocycles. The number of halogens is 1. The lowest BCUT2D eigenvalue weighted by Gasteiger charge is -2.24. The van der Waals surface area contributed by atoms with Gasteiger partial charge in [0.05, 0.1) is 17.5 Å². The fourth-order valence-corrected chi connectivity index (χ4v) is 7.04. The third kappa shape index (κ3) is 3.64. The molecule has 0 saturated carbocycles. The van der Waals surface area contributed by atoms with Gasteiger partial charge in [0.2, 0.25) is 5.91 Å². The number of hydrogen-bond acceptors (Lipinski definition) is 4. The summed E-state index contributed by atoms with van der Waals surface area (Å²) in [5.74, 6) is 0.109. The van der Waals surface area contributed by atoms with Gasteiger partial charge >= 0.3 is 0 Å². The molecule has 1 amide bonds. The van der Waals surface area contributed by atoms with Crippen LogP contribution in [0, 0.1) is 0 Å². The average molecular weight is 417 g/mol. The SMILES string of the molecule is CCCC(=O)N=C1S[C@H]2CS(=O)(=O)C[C@@H]2N1c1ccc(Br)cc1. The molecule has 2 fully saturated rings. The summed E-state index contributed by atoms with van der Waals surface area (Å²) in [5.41, 5.74) is 0.869. The molecule has 2 heterocycles. The van der Waals surface area contributed by atoms with Crippen LogP contribution in [0.4, 0.5) is 5.69 Å². The van der Waals surface area contributed by atoms with Gasteiger partial charge in [0.15, 0.2) is 15.0 Å². The quantitative estimate of drug-likeness (QED) is 0.757. The molecular formula is C15H17BrN2O3S2. The zero-order valence-corrected chi connectivity index (χ0v) is 15.8. The number of anilines is 1. The summed E-state index contributed by atoms with van der Waals surface area (Å²) in [6.45, 7) is 1.94. The molecule has 2 aliphatic heterocycles. The van der Waals surface area contributed by atoms with Crippen molar-refractivity contribution in [1.29, 1.82) is 0 Å². The van der Waals surface area contributed by atoms with Crippen LogP contribution in [0.1, 0.15) is 19.8 Å². The predicted octanol–water partition coefficient (Wildman–Crippen LogP) is 2.85. The van der Waals surface area contributed by atoms with Crippen molar-refractivity contribution in [1.82, 2.24) is 0 Å². The highest BCUT2D eigenvalue weighted by atomic mass is 79.9. The van der Waals surface area contributed by atoms with E-state index in [0.29, 0.717) is 11.6 Å². The number of fused-ring (bicyclic) bond motifs is 1. The molecule has 1 aromatic carbocycles. The van der Waals surface area contributed by atoms with E-state index < -0.39 is 9.84 Å². The standard InChI is InChI=1S/C15H17BrN2O3S2/c1-2-3-14(19)17-15-18(11-6-4-10(16)5-7-11)12-8-23(20,21)9-13(12)22-15/h4-7,12-13H,2-3,8-9H2,1H3/t12-,13-/m0/s1. The number of nitrogens with zero attached hydrogens (tertiary/aromatic N) is 2. The van der Waals surface area contributed by atoms with Crippen LogP contribution in [0.3, 0.4) is 0 Å². The van der Waals surface area contributed by atoms with Gasteiger partial charge in [0.25, 0.3) is 0 Å². The van der Waals surface area contributed by atoms with Crippen LogP contribution >= 0.6 is 27.7 Å². The highest BCUT2D eigenvalue weighted by molar-refractivity contribution is 9.10. The second-order valence-electron chi connectivity index (χ2n) is 5.69. The van der Waals surface area contributed by atoms with Crippen molar-refractivity contribution in [3.8, 4) is 0 Å². The van der Waals surface area contributed by atoms with Crippen molar-refractivity contribution in [2.24, 2.45) is 4.99 Å². The molecule has 1 aromatic rings. The van der Waals surface area contributed by atoms with Crippen LogP contribution in [0.15, 0.2) is 33.7 Å². The van der Waals surface area contributed by atoms with Gasteiger partial charge in [-0.2, -0.15) is 4.99 Å². The smallest absolute Gasteiger partial charge is 0.248 e. The lowest BCUT2D eigenvalue weighted by Crippen LogP contribution is -2.37. The zero-order valence-electron chi connectivity index (χ0n) is 12.6. The number of sulfone groups is 1. The molecule has 3 rings (SSSR count). The molecule has 0 aromatic heterocycles. The summed E-state index contributed by atoms with van der Waals surface area (Å²) in [6.07, 6.45) is 1.16. The van der Waals surface area contributed by atoms with E-state index in [-0.39, 0.29) is 28.7 Å². The Kier molecular flexibility index (Phi) is 4.85. The minimum absolute atomic E-state index is 0.0585. The Morgan fingerprint density at radius 1 is 1.35 bits per heavy atom. The summed E-state index contributed by atoms with van der Waals surface area (Å²) >= 11 is 4.81. The third-order valence-electron chi connectivity index (χ3n) is 3.86. The molecule has 0 N–H and O–H groups in total. The Hall–Kier alpha value is -0.860. The Labute approximate surface area is 148 Å². The lowest BCUT2D eigenvalue weighted by atomic mass is 10.2. The minimum atomic E-state index is -3.03. The minimum Gasteiger partial charge on any atom is -0.316 e. The molecule has 8 heteroatoms. The van der Waals surface area contributed by atoms with Gasteiger partial charge in [-0.1, -0.05) is 34.6 Å². The predicted molar refractivity (Wildman–Crippen MR) is 97.8 cm³/mol. The second-order valence-corrected chi connectivity index (χ2v) is 9.96. The van der Waals surface area contributed by atoms with Gasteiger partial charge in [0.1, 0.15) is 0 Å². The fraction of sp³-hybridized carbons (Fsp3) is 0.467. The highest BCUT2D eigenvalue weighted by Gasteiger charge is 2.49. The summed E-state index contributed by atoms with van der Waals surface area (Å²) in [5, 5.41) is 0.562. The molecule has 124 valence electrons. The van der Waals surface area contributed by atoms with Gasteiger partial charge in [-0.25, -0.2) is 8.42 Å². The van der Waals surface area contributed by atoms with Crippen LogP contribution in [0.5, 0.6) is 0 Å². The number of thioether (sulfide) groups is 1. The van der Waals surface area contributed by atoms with Crippen LogP contribution in [0.25, 0.3) is 0 Å². The van der Waals surface area contributed by atoms with Gasteiger partial charge in [-0.05, 0) is 30.7 Å². The maximum absolute atomic E-state index is 12.0. The normalized spacial score (nSPS) is 27.4. The fourth-order valence-electron chi connectivity index (χ4n) is 2.84. The maximum atomic E-state index is 12.0. The highest BCUT2D eigenvalue weighted by Crippen LogP contribution is 2.41. The van der Waals surface area contributed by atoms with E-state index in [1.807, 2.05) is 36.1 Å². The molecule has 0 spiro atoms. The Balaban J connectivity index is 1.97. The molecular weight excluding hydrogens is 400 g/mol. The van der Waals surface area contributed by atoms with E-state index in [2.05, 4.69) is 20.9 Å². The van der Waals surface area contributed by atoms with E-state index >= 15 is 0 Å². The van der Waals surface area contributed by atoms with Crippen molar-refractivity contribution < 1.29 is 13.2 Å². The topological polar surface area (TPSA) is 66.8 Å². The van der Waals surface area contributed by atoms with Crippen molar-refractivity contribution in [2.45, 2.75) is 31.1 Å². The molecule has 23 heavy (non-hydrogen) atoms. The summed E-state index contributed by atoms with van der Waals surface area (Å²) in [6, 6.07) is 7.49. The van der Waals surface area contributed by atoms with Gasteiger partial charge in [0, 0.05) is 21.8 Å². The number of rotatable bonds is 3. The van der Waals surface area contributed by atoms with Crippen LogP contribution in [-0.2, 0) is 14.6 Å². The Morgan fingerprint density at radius 3 is 2.70 bits per heavy atom. The first-order valence-corrected chi connectivity index (χ1v) is 10.9. The van der Waals surface area contributed by atoms with Gasteiger partial charge in [-0.15, -0.1) is 0 Å². The van der Waals surface area contributed by atoms with Crippen LogP contribution in [-0.4, -0.2) is 42.3 Å². The van der Waals surface area contributed by atoms with Crippen LogP contribution in [0.2, 0.25) is 0 Å². The number of hydrogen-bond donors (Lipinski definition) is 0. The van der Waals surface area contributed by atoms with Crippen molar-refractivity contribution in [3.63, 3.8) is 0 Å². The molecule has 0 bridgehead atoms. The van der Waals surface area contributed by atoms with Gasteiger partial charge < -0.3 is 4.90 Å². The van der Waals surface area contributed by atoms with E-state index in [1.54, 1.807) is 0 Å². The van der Waals surface area contributed by atoms with Crippen molar-refractivity contribution in [2.75, 3.05) is 16.4 Å². The average Bonchev–Trinajstić information content (AvgIpc) is 2.91. The molecule has 5 nitrogen and oxygen atoms in total. The Morgan fingerprint density at radius 2 is 2.04 bits per heavy atom. The summed E-state index contributed by atoms with van der Waals surface area (Å²) in [4.78, 5) is 18.1. The van der Waals surface area contributed by atoms with Gasteiger partial charge in [-0.3, -0.25) is 4.79 Å². The first kappa shape index (κ1) is 17.0. The van der Waals surface area contributed by atoms with E-state index in [1.165, 1.54) is 11.8 Å². The first-order chi connectivity index (χ1) is 10.9. The third-order valence-corrected chi connectivity index (χ3v) is 7.59. The second kappa shape index (κ2) is 6.57.